The van der Waals surface area contributed by atoms with E-state index in [0.29, 0.717) is 13.2 Å². The molecule has 0 heterocycles. The molecule has 3 nitrogen and oxygen atoms in total. The van der Waals surface area contributed by atoms with Crippen molar-refractivity contribution < 1.29 is 9.53 Å². The molecular weight excluding hydrogens is 226 g/mol. The Kier molecular flexibility index (Phi) is 5.86. The lowest BCUT2D eigenvalue weighted by atomic mass is 10.0. The van der Waals surface area contributed by atoms with Crippen molar-refractivity contribution in [1.29, 1.82) is 0 Å². The predicted octanol–water partition coefficient (Wildman–Crippen LogP) is 2.84. The van der Waals surface area contributed by atoms with Crippen LogP contribution in [0.2, 0.25) is 0 Å². The van der Waals surface area contributed by atoms with Crippen LogP contribution in [0.4, 0.5) is 0 Å². The van der Waals surface area contributed by atoms with E-state index in [-0.39, 0.29) is 17.9 Å². The molecule has 1 unspecified atom stereocenters. The Balaban J connectivity index is 2.49. The molecule has 18 heavy (non-hydrogen) atoms. The van der Waals surface area contributed by atoms with E-state index in [1.807, 2.05) is 26.0 Å². The van der Waals surface area contributed by atoms with Gasteiger partial charge in [0.1, 0.15) is 0 Å². The lowest BCUT2D eigenvalue weighted by Crippen LogP contribution is -2.30. The Morgan fingerprint density at radius 3 is 2.61 bits per heavy atom. The highest BCUT2D eigenvalue weighted by atomic mass is 16.5. The van der Waals surface area contributed by atoms with Crippen molar-refractivity contribution in [3.63, 3.8) is 0 Å². The third-order valence-electron chi connectivity index (χ3n) is 3.07. The molecule has 0 bridgehead atoms. The third-order valence-corrected chi connectivity index (χ3v) is 3.07. The summed E-state index contributed by atoms with van der Waals surface area (Å²) in [5.41, 5.74) is 2.54. The molecule has 1 rings (SSSR count). The first kappa shape index (κ1) is 14.7. The second-order valence-electron chi connectivity index (χ2n) is 4.64. The molecule has 1 N–H and O–H groups in total. The molecule has 0 aliphatic carbocycles. The summed E-state index contributed by atoms with van der Waals surface area (Å²) in [5.74, 6) is -0.251. The topological polar surface area (TPSA) is 38.3 Å². The summed E-state index contributed by atoms with van der Waals surface area (Å²) in [7, 11) is 0. The highest BCUT2D eigenvalue weighted by Gasteiger charge is 2.15. The first-order valence-corrected chi connectivity index (χ1v) is 6.51. The average molecular weight is 249 g/mol. The smallest absolute Gasteiger partial charge is 0.309 e. The molecule has 2 atom stereocenters. The summed E-state index contributed by atoms with van der Waals surface area (Å²) >= 11 is 0. The predicted molar refractivity (Wildman–Crippen MR) is 73.4 cm³/mol. The van der Waals surface area contributed by atoms with E-state index in [1.54, 1.807) is 0 Å². The van der Waals surface area contributed by atoms with Crippen LogP contribution < -0.4 is 5.32 Å². The zero-order chi connectivity index (χ0) is 13.5. The van der Waals surface area contributed by atoms with Gasteiger partial charge in [0.2, 0.25) is 0 Å². The normalized spacial score (nSPS) is 14.0. The number of nitrogens with one attached hydrogen (secondary N) is 1. The molecule has 1 aromatic rings. The minimum Gasteiger partial charge on any atom is -0.466 e. The zero-order valence-corrected chi connectivity index (χ0v) is 11.7. The van der Waals surface area contributed by atoms with Crippen LogP contribution in [0.15, 0.2) is 24.3 Å². The highest BCUT2D eigenvalue weighted by Crippen LogP contribution is 2.16. The van der Waals surface area contributed by atoms with Gasteiger partial charge in [-0.15, -0.1) is 0 Å². The van der Waals surface area contributed by atoms with Crippen LogP contribution in [0.25, 0.3) is 0 Å². The van der Waals surface area contributed by atoms with Gasteiger partial charge < -0.3 is 10.1 Å². The molecule has 0 spiro atoms. The number of hydrogen-bond acceptors (Lipinski definition) is 3. The van der Waals surface area contributed by atoms with Crippen molar-refractivity contribution in [2.24, 2.45) is 5.92 Å². The monoisotopic (exact) mass is 249 g/mol. The summed E-state index contributed by atoms with van der Waals surface area (Å²) in [6.07, 6.45) is 0. The van der Waals surface area contributed by atoms with Crippen molar-refractivity contribution >= 4 is 5.97 Å². The van der Waals surface area contributed by atoms with Crippen molar-refractivity contribution in [3.05, 3.63) is 35.4 Å². The van der Waals surface area contributed by atoms with E-state index < -0.39 is 0 Å². The van der Waals surface area contributed by atoms with E-state index >= 15 is 0 Å². The van der Waals surface area contributed by atoms with Gasteiger partial charge in [0, 0.05) is 12.6 Å². The summed E-state index contributed by atoms with van der Waals surface area (Å²) in [5, 5.41) is 3.38. The minimum absolute atomic E-state index is 0.114. The van der Waals surface area contributed by atoms with E-state index in [0.717, 1.165) is 0 Å². The van der Waals surface area contributed by atoms with Crippen LogP contribution in [0.5, 0.6) is 0 Å². The molecule has 3 heteroatoms. The molecular formula is C15H23NO2. The lowest BCUT2D eigenvalue weighted by molar-refractivity contribution is -0.147. The minimum atomic E-state index is -0.137. The van der Waals surface area contributed by atoms with Gasteiger partial charge in [0.05, 0.1) is 12.5 Å². The lowest BCUT2D eigenvalue weighted by Gasteiger charge is -2.18. The van der Waals surface area contributed by atoms with E-state index in [2.05, 4.69) is 31.3 Å². The van der Waals surface area contributed by atoms with Crippen LogP contribution in [0.1, 0.15) is 37.9 Å². The maximum atomic E-state index is 11.5. The Bertz CT molecular complexity index is 390. The number of esters is 1. The van der Waals surface area contributed by atoms with Gasteiger partial charge in [-0.1, -0.05) is 31.2 Å². The molecule has 0 amide bonds. The molecule has 0 aromatic heterocycles. The largest absolute Gasteiger partial charge is 0.466 e. The number of hydrogen-bond donors (Lipinski definition) is 1. The molecule has 1 aromatic carbocycles. The first-order valence-electron chi connectivity index (χ1n) is 6.51. The Morgan fingerprint density at radius 2 is 2.00 bits per heavy atom. The van der Waals surface area contributed by atoms with E-state index in [1.165, 1.54) is 11.1 Å². The van der Waals surface area contributed by atoms with Gasteiger partial charge in [0.15, 0.2) is 0 Å². The summed E-state index contributed by atoms with van der Waals surface area (Å²) in [6.45, 7) is 9.00. The molecule has 0 aliphatic heterocycles. The fraction of sp³-hybridized carbons (Fsp3) is 0.533. The number of benzene rings is 1. The highest BCUT2D eigenvalue weighted by molar-refractivity contribution is 5.72. The maximum Gasteiger partial charge on any atom is 0.309 e. The van der Waals surface area contributed by atoms with Gasteiger partial charge in [-0.2, -0.15) is 0 Å². The van der Waals surface area contributed by atoms with Crippen LogP contribution in [0, 0.1) is 12.8 Å². The van der Waals surface area contributed by atoms with Crippen molar-refractivity contribution in [3.8, 4) is 0 Å². The number of aryl methyl sites for hydroxylation is 1. The SMILES string of the molecule is CCOC(=O)C(C)CN[C@H](C)c1ccccc1C. The second kappa shape index (κ2) is 7.17. The Morgan fingerprint density at radius 1 is 1.33 bits per heavy atom. The molecule has 100 valence electrons. The summed E-state index contributed by atoms with van der Waals surface area (Å²) < 4.78 is 4.99. The fourth-order valence-corrected chi connectivity index (χ4v) is 1.90. The van der Waals surface area contributed by atoms with E-state index in [4.69, 9.17) is 4.74 Å². The maximum absolute atomic E-state index is 11.5. The number of ether oxygens (including phenoxy) is 1. The number of carbonyl (C=O) groups is 1. The fourth-order valence-electron chi connectivity index (χ4n) is 1.90. The summed E-state index contributed by atoms with van der Waals surface area (Å²) in [6, 6.07) is 8.52. The molecule has 0 fully saturated rings. The third kappa shape index (κ3) is 4.15. The second-order valence-corrected chi connectivity index (χ2v) is 4.64. The number of carbonyl (C=O) groups excluding carboxylic acids is 1. The van der Waals surface area contributed by atoms with Gasteiger partial charge in [-0.05, 0) is 31.9 Å². The van der Waals surface area contributed by atoms with Crippen LogP contribution in [-0.4, -0.2) is 19.1 Å². The molecule has 0 saturated heterocycles. The number of rotatable bonds is 6. The van der Waals surface area contributed by atoms with Crippen molar-refractivity contribution in [2.45, 2.75) is 33.7 Å². The van der Waals surface area contributed by atoms with Crippen LogP contribution in [-0.2, 0) is 9.53 Å². The standard InChI is InChI=1S/C15H23NO2/c1-5-18-15(17)12(3)10-16-13(4)14-9-7-6-8-11(14)2/h6-9,12-13,16H,5,10H2,1-4H3/t12?,13-/m1/s1. The molecule has 0 saturated carbocycles. The van der Waals surface area contributed by atoms with Gasteiger partial charge in [-0.3, -0.25) is 4.79 Å². The van der Waals surface area contributed by atoms with E-state index in [9.17, 15) is 4.79 Å². The average Bonchev–Trinajstić information content (AvgIpc) is 2.36. The first-order chi connectivity index (χ1) is 8.56. The van der Waals surface area contributed by atoms with Crippen molar-refractivity contribution in [2.75, 3.05) is 13.2 Å². The molecule has 0 aliphatic rings. The van der Waals surface area contributed by atoms with Gasteiger partial charge >= 0.3 is 5.97 Å². The van der Waals surface area contributed by atoms with Crippen molar-refractivity contribution in [1.82, 2.24) is 5.32 Å². The quantitative estimate of drug-likeness (QED) is 0.788. The zero-order valence-electron chi connectivity index (χ0n) is 11.7. The Labute approximate surface area is 110 Å². The van der Waals surface area contributed by atoms with Gasteiger partial charge in [-0.25, -0.2) is 0 Å². The Hall–Kier alpha value is -1.35. The van der Waals surface area contributed by atoms with Gasteiger partial charge in [0.25, 0.3) is 0 Å². The summed E-state index contributed by atoms with van der Waals surface area (Å²) in [4.78, 5) is 11.5. The van der Waals surface area contributed by atoms with Crippen LogP contribution >= 0.6 is 0 Å². The molecule has 0 radical (unpaired) electrons. The van der Waals surface area contributed by atoms with Crippen LogP contribution in [0.3, 0.4) is 0 Å².